The minimum Gasteiger partial charge on any atom is -0.342 e. The summed E-state index contributed by atoms with van der Waals surface area (Å²) in [6.07, 6.45) is 4.83. The number of likely N-dealkylation sites (tertiary alicyclic amines) is 2. The highest BCUT2D eigenvalue weighted by Gasteiger charge is 2.43. The Kier molecular flexibility index (Phi) is 4.40. The quantitative estimate of drug-likeness (QED) is 0.814. The van der Waals surface area contributed by atoms with Crippen LogP contribution in [0.4, 0.5) is 4.39 Å². The van der Waals surface area contributed by atoms with Crippen molar-refractivity contribution in [2.45, 2.75) is 39.5 Å². The number of carbonyl (C=O) groups excluding carboxylic acids is 2. The predicted octanol–water partition coefficient (Wildman–Crippen LogP) is 2.65. The number of pyridine rings is 1. The van der Waals surface area contributed by atoms with Gasteiger partial charge < -0.3 is 9.80 Å². The van der Waals surface area contributed by atoms with Crippen molar-refractivity contribution in [2.24, 2.45) is 5.41 Å². The average Bonchev–Trinajstić information content (AvgIpc) is 2.99. The summed E-state index contributed by atoms with van der Waals surface area (Å²) < 4.78 is 16.1. The van der Waals surface area contributed by atoms with E-state index in [9.17, 15) is 14.0 Å². The van der Waals surface area contributed by atoms with Gasteiger partial charge in [-0.1, -0.05) is 6.07 Å². The lowest BCUT2D eigenvalue weighted by Gasteiger charge is -2.48. The maximum atomic E-state index is 14.8. The maximum absolute atomic E-state index is 14.8. The number of amides is 2. The van der Waals surface area contributed by atoms with E-state index in [1.54, 1.807) is 17.2 Å². The SMILES string of the molecule is CCN1C[C@@]2(CCCN(C(=O)c3nc4ccc(C)cn4c3F)C2)CCC1=O. The van der Waals surface area contributed by atoms with Gasteiger partial charge in [-0.2, -0.15) is 4.39 Å². The summed E-state index contributed by atoms with van der Waals surface area (Å²) in [5.74, 6) is -0.770. The third-order valence-electron chi connectivity index (χ3n) is 5.99. The molecule has 4 rings (SSSR count). The van der Waals surface area contributed by atoms with Crippen LogP contribution in [0.3, 0.4) is 0 Å². The molecule has 0 unspecified atom stereocenters. The van der Waals surface area contributed by atoms with E-state index in [1.807, 2.05) is 24.8 Å². The third kappa shape index (κ3) is 3.09. The van der Waals surface area contributed by atoms with Gasteiger partial charge in [-0.15, -0.1) is 0 Å². The average molecular weight is 372 g/mol. The summed E-state index contributed by atoms with van der Waals surface area (Å²) in [6.45, 7) is 6.39. The molecule has 0 radical (unpaired) electrons. The Morgan fingerprint density at radius 1 is 1.30 bits per heavy atom. The maximum Gasteiger partial charge on any atom is 0.277 e. The molecule has 2 fully saturated rings. The number of hydrogen-bond donors (Lipinski definition) is 0. The molecule has 0 saturated carbocycles. The van der Waals surface area contributed by atoms with Gasteiger partial charge in [0.1, 0.15) is 5.65 Å². The van der Waals surface area contributed by atoms with Crippen molar-refractivity contribution >= 4 is 17.5 Å². The third-order valence-corrected chi connectivity index (χ3v) is 5.99. The van der Waals surface area contributed by atoms with E-state index in [-0.39, 0.29) is 22.9 Å². The van der Waals surface area contributed by atoms with Gasteiger partial charge in [-0.3, -0.25) is 14.0 Å². The number of fused-ring (bicyclic) bond motifs is 1. The Labute approximate surface area is 158 Å². The van der Waals surface area contributed by atoms with Crippen LogP contribution in [0.2, 0.25) is 0 Å². The highest BCUT2D eigenvalue weighted by Crippen LogP contribution is 2.39. The van der Waals surface area contributed by atoms with Gasteiger partial charge in [-0.25, -0.2) is 4.98 Å². The van der Waals surface area contributed by atoms with E-state index in [1.165, 1.54) is 4.40 Å². The van der Waals surface area contributed by atoms with E-state index >= 15 is 0 Å². The molecule has 0 bridgehead atoms. The molecule has 4 heterocycles. The fourth-order valence-electron chi connectivity index (χ4n) is 4.51. The number of piperidine rings is 2. The van der Waals surface area contributed by atoms with Crippen LogP contribution in [0, 0.1) is 18.3 Å². The molecule has 1 atom stereocenters. The lowest BCUT2D eigenvalue weighted by molar-refractivity contribution is -0.138. The van der Waals surface area contributed by atoms with E-state index in [0.29, 0.717) is 38.2 Å². The molecule has 2 aliphatic heterocycles. The summed E-state index contributed by atoms with van der Waals surface area (Å²) in [4.78, 5) is 32.9. The fraction of sp³-hybridized carbons (Fsp3) is 0.550. The molecule has 2 aliphatic rings. The summed E-state index contributed by atoms with van der Waals surface area (Å²) in [7, 11) is 0. The highest BCUT2D eigenvalue weighted by atomic mass is 19.1. The largest absolute Gasteiger partial charge is 0.342 e. The second kappa shape index (κ2) is 6.62. The predicted molar refractivity (Wildman–Crippen MR) is 98.9 cm³/mol. The number of imidazole rings is 1. The number of hydrogen-bond acceptors (Lipinski definition) is 3. The Balaban J connectivity index is 1.59. The van der Waals surface area contributed by atoms with Crippen molar-refractivity contribution in [3.8, 4) is 0 Å². The van der Waals surface area contributed by atoms with Crippen molar-refractivity contribution in [1.29, 1.82) is 0 Å². The molecule has 0 N–H and O–H groups in total. The van der Waals surface area contributed by atoms with Crippen LogP contribution in [0.25, 0.3) is 5.65 Å². The van der Waals surface area contributed by atoms with Crippen LogP contribution < -0.4 is 0 Å². The standard InChI is InChI=1S/C20H25FN4O2/c1-3-23-12-20(9-7-16(23)26)8-4-10-24(13-20)19(27)17-18(21)25-11-14(2)5-6-15(25)22-17/h5-6,11H,3-4,7-10,12-13H2,1-2H3/t20-/m1/s1. The number of rotatable bonds is 2. The highest BCUT2D eigenvalue weighted by molar-refractivity contribution is 5.93. The second-order valence-electron chi connectivity index (χ2n) is 7.92. The first-order chi connectivity index (χ1) is 12.9. The topological polar surface area (TPSA) is 57.9 Å². The zero-order valence-electron chi connectivity index (χ0n) is 15.9. The van der Waals surface area contributed by atoms with Crippen LogP contribution in [-0.2, 0) is 4.79 Å². The fourth-order valence-corrected chi connectivity index (χ4v) is 4.51. The smallest absolute Gasteiger partial charge is 0.277 e. The van der Waals surface area contributed by atoms with Gasteiger partial charge in [0.25, 0.3) is 5.91 Å². The van der Waals surface area contributed by atoms with Crippen LogP contribution in [-0.4, -0.2) is 57.2 Å². The molecule has 2 saturated heterocycles. The summed E-state index contributed by atoms with van der Waals surface area (Å²) in [6, 6.07) is 3.57. The monoisotopic (exact) mass is 372 g/mol. The van der Waals surface area contributed by atoms with Crippen LogP contribution in [0.5, 0.6) is 0 Å². The van der Waals surface area contributed by atoms with Crippen molar-refractivity contribution < 1.29 is 14.0 Å². The van der Waals surface area contributed by atoms with Crippen molar-refractivity contribution in [3.05, 3.63) is 35.5 Å². The first kappa shape index (κ1) is 17.9. The molecular formula is C20H25FN4O2. The lowest BCUT2D eigenvalue weighted by atomic mass is 9.73. The van der Waals surface area contributed by atoms with E-state index in [2.05, 4.69) is 4.98 Å². The molecule has 2 amide bonds. The minimum absolute atomic E-state index is 0.0793. The number of nitrogens with zero attached hydrogens (tertiary/aromatic N) is 4. The van der Waals surface area contributed by atoms with Crippen LogP contribution in [0.15, 0.2) is 18.3 Å². The van der Waals surface area contributed by atoms with Gasteiger partial charge in [0, 0.05) is 44.2 Å². The van der Waals surface area contributed by atoms with E-state index in [0.717, 1.165) is 24.8 Å². The summed E-state index contributed by atoms with van der Waals surface area (Å²) >= 11 is 0. The molecule has 1 spiro atoms. The Bertz CT molecular complexity index is 909. The zero-order chi connectivity index (χ0) is 19.2. The van der Waals surface area contributed by atoms with Crippen LogP contribution >= 0.6 is 0 Å². The number of halogens is 1. The molecule has 0 aromatic carbocycles. The van der Waals surface area contributed by atoms with Crippen LogP contribution in [0.1, 0.15) is 48.7 Å². The van der Waals surface area contributed by atoms with Gasteiger partial charge in [0.15, 0.2) is 5.69 Å². The van der Waals surface area contributed by atoms with Crippen molar-refractivity contribution in [3.63, 3.8) is 0 Å². The minimum atomic E-state index is -0.604. The first-order valence-electron chi connectivity index (χ1n) is 9.64. The molecule has 27 heavy (non-hydrogen) atoms. The second-order valence-corrected chi connectivity index (χ2v) is 7.92. The molecular weight excluding hydrogens is 347 g/mol. The van der Waals surface area contributed by atoms with Gasteiger partial charge in [-0.05, 0) is 44.7 Å². The molecule has 6 nitrogen and oxygen atoms in total. The Morgan fingerprint density at radius 3 is 2.89 bits per heavy atom. The number of aromatic nitrogens is 2. The lowest BCUT2D eigenvalue weighted by Crippen LogP contribution is -2.55. The summed E-state index contributed by atoms with van der Waals surface area (Å²) in [5.41, 5.74) is 1.15. The normalized spacial score (nSPS) is 23.4. The van der Waals surface area contributed by atoms with Gasteiger partial charge in [0.05, 0.1) is 0 Å². The van der Waals surface area contributed by atoms with Gasteiger partial charge in [0.2, 0.25) is 11.9 Å². The van der Waals surface area contributed by atoms with Crippen molar-refractivity contribution in [1.82, 2.24) is 19.2 Å². The van der Waals surface area contributed by atoms with Crippen molar-refractivity contribution in [2.75, 3.05) is 26.2 Å². The van der Waals surface area contributed by atoms with E-state index < -0.39 is 5.95 Å². The Hall–Kier alpha value is -2.44. The molecule has 144 valence electrons. The number of carbonyl (C=O) groups is 2. The number of aryl methyl sites for hydroxylation is 1. The molecule has 2 aromatic heterocycles. The molecule has 7 heteroatoms. The first-order valence-corrected chi connectivity index (χ1v) is 9.64. The van der Waals surface area contributed by atoms with Gasteiger partial charge >= 0.3 is 0 Å². The Morgan fingerprint density at radius 2 is 2.11 bits per heavy atom. The molecule has 2 aromatic rings. The summed E-state index contributed by atoms with van der Waals surface area (Å²) in [5, 5.41) is 0. The van der Waals surface area contributed by atoms with E-state index in [4.69, 9.17) is 0 Å². The zero-order valence-corrected chi connectivity index (χ0v) is 15.9. The molecule has 0 aliphatic carbocycles.